The molecule has 5 aromatic rings. The Balaban J connectivity index is 1.38. The van der Waals surface area contributed by atoms with Crippen molar-refractivity contribution in [2.24, 2.45) is 0 Å². The second kappa shape index (κ2) is 11.5. The lowest BCUT2D eigenvalue weighted by Gasteiger charge is -2.46. The summed E-state index contributed by atoms with van der Waals surface area (Å²) in [6.07, 6.45) is -11.5. The van der Waals surface area contributed by atoms with Crippen LogP contribution in [0.2, 0.25) is 0 Å². The molecule has 4 heterocycles. The van der Waals surface area contributed by atoms with Gasteiger partial charge in [-0.15, -0.1) is 0 Å². The number of aromatic hydroxyl groups is 1. The Morgan fingerprint density at radius 1 is 0.787 bits per heavy atom. The largest absolute Gasteiger partial charge is 0.506 e. The molecule has 14 nitrogen and oxygen atoms in total. The minimum atomic E-state index is -1.61. The first-order valence-corrected chi connectivity index (χ1v) is 14.9. The van der Waals surface area contributed by atoms with Gasteiger partial charge in [-0.25, -0.2) is 9.59 Å². The van der Waals surface area contributed by atoms with E-state index >= 15 is 0 Å². The zero-order chi connectivity index (χ0) is 33.5. The molecule has 7 rings (SSSR count). The normalized spacial score (nSPS) is 31.6. The van der Waals surface area contributed by atoms with Crippen molar-refractivity contribution in [1.82, 2.24) is 0 Å². The molecule has 0 aliphatic carbocycles. The smallest absolute Gasteiger partial charge is 0.348 e. The monoisotopic (exact) mass is 652 g/mol. The van der Waals surface area contributed by atoms with Crippen LogP contribution in [0, 0.1) is 0 Å². The van der Waals surface area contributed by atoms with Crippen LogP contribution in [0.15, 0.2) is 55.3 Å². The van der Waals surface area contributed by atoms with Gasteiger partial charge in [0.15, 0.2) is 18.0 Å². The molecule has 2 saturated heterocycles. The van der Waals surface area contributed by atoms with E-state index in [0.29, 0.717) is 5.56 Å². The van der Waals surface area contributed by atoms with Gasteiger partial charge in [0, 0.05) is 23.3 Å². The summed E-state index contributed by atoms with van der Waals surface area (Å²) in [5, 5.41) is 54.9. The Morgan fingerprint density at radius 3 is 2.23 bits per heavy atom. The van der Waals surface area contributed by atoms with Crippen molar-refractivity contribution in [3.05, 3.63) is 63.3 Å². The van der Waals surface area contributed by atoms with Gasteiger partial charge in [0.1, 0.15) is 53.0 Å². The summed E-state index contributed by atoms with van der Waals surface area (Å²) in [4.78, 5) is 26.6. The van der Waals surface area contributed by atoms with Gasteiger partial charge in [-0.2, -0.15) is 0 Å². The summed E-state index contributed by atoms with van der Waals surface area (Å²) >= 11 is 0. The number of phenols is 1. The van der Waals surface area contributed by atoms with Crippen LogP contribution in [0.3, 0.4) is 0 Å². The van der Waals surface area contributed by atoms with Crippen LogP contribution < -0.4 is 16.0 Å². The van der Waals surface area contributed by atoms with Crippen LogP contribution in [0.5, 0.6) is 11.5 Å². The highest BCUT2D eigenvalue weighted by atomic mass is 16.8. The zero-order valence-corrected chi connectivity index (χ0v) is 25.4. The molecule has 0 radical (unpaired) electrons. The molecule has 2 aliphatic heterocycles. The minimum Gasteiger partial charge on any atom is -0.506 e. The van der Waals surface area contributed by atoms with Gasteiger partial charge in [0.2, 0.25) is 6.29 Å². The molecule has 0 saturated carbocycles. The maximum Gasteiger partial charge on any atom is 0.348 e. The highest BCUT2D eigenvalue weighted by Gasteiger charge is 2.50. The third-order valence-electron chi connectivity index (χ3n) is 9.03. The molecular formula is C33H32O14. The van der Waals surface area contributed by atoms with E-state index in [2.05, 4.69) is 6.58 Å². The average Bonchev–Trinajstić information content (AvgIpc) is 3.05. The molecule has 5 N–H and O–H groups in total. The fraction of sp³-hybridized carbons (Fsp3) is 0.394. The second-order valence-electron chi connectivity index (χ2n) is 11.8. The lowest BCUT2D eigenvalue weighted by molar-refractivity contribution is -0.353. The molecule has 10 atom stereocenters. The quantitative estimate of drug-likeness (QED) is 0.101. The molecule has 0 amide bonds. The van der Waals surface area contributed by atoms with Gasteiger partial charge in [0.25, 0.3) is 0 Å². The highest BCUT2D eigenvalue weighted by molar-refractivity contribution is 6.28. The molecule has 47 heavy (non-hydrogen) atoms. The van der Waals surface area contributed by atoms with E-state index in [1.165, 1.54) is 44.4 Å². The number of benzene rings is 3. The van der Waals surface area contributed by atoms with Crippen LogP contribution in [0.25, 0.3) is 49.6 Å². The lowest BCUT2D eigenvalue weighted by atomic mass is 9.96. The standard InChI is InChI=1S/C33H32O14/c1-5-13-9-15-18-17(10-13)44-31(40)21-20(18)27(46-30(15)39)19-14(24(21)36)7-6-8-16(19)45-33-29(25(37)22(34)11(2)43-33)47-32-26(38)28(41-4)23(35)12(3)42-32/h5-12,22-23,25-26,28-29,32-38H,1H2,2-4H3/t11-,12+,22+,23-,25+,26+,28-,29-,32+,33+/m1/s1. The van der Waals surface area contributed by atoms with E-state index in [0.717, 1.165) is 0 Å². The molecular weight excluding hydrogens is 620 g/mol. The molecule has 3 aromatic carbocycles. The lowest BCUT2D eigenvalue weighted by Crippen LogP contribution is -2.64. The number of fused-ring (bicyclic) bond motifs is 2. The van der Waals surface area contributed by atoms with Crippen molar-refractivity contribution in [2.45, 2.75) is 75.3 Å². The Hall–Kier alpha value is -4.12. The number of ether oxygens (including phenoxy) is 5. The zero-order valence-electron chi connectivity index (χ0n) is 25.4. The summed E-state index contributed by atoms with van der Waals surface area (Å²) in [5.74, 6) is -0.456. The maximum absolute atomic E-state index is 13.4. The number of aliphatic hydroxyl groups excluding tert-OH is 4. The highest BCUT2D eigenvalue weighted by Crippen LogP contribution is 2.45. The summed E-state index contributed by atoms with van der Waals surface area (Å²) in [6, 6.07) is 7.57. The number of hydrogen-bond donors (Lipinski definition) is 5. The van der Waals surface area contributed by atoms with Gasteiger partial charge in [-0.3, -0.25) is 0 Å². The van der Waals surface area contributed by atoms with E-state index in [9.17, 15) is 35.1 Å². The van der Waals surface area contributed by atoms with E-state index in [-0.39, 0.29) is 49.2 Å². The number of hydrogen-bond acceptors (Lipinski definition) is 14. The first kappa shape index (κ1) is 31.5. The SMILES string of the molecule is C=Cc1cc2oc(=O)c3c(O)c4cccc(O[C@@H]5O[C@H](C)[C@H](O)[C@H](O)[C@H]5O[C@@H]5O[C@@H](C)[C@@H](O)[C@@H](OC)[C@@H]5O)c4c4oc(=O)c(c1)c2c34. The van der Waals surface area contributed by atoms with Crippen LogP contribution in [-0.4, -0.2) is 94.1 Å². The number of phenolic OH excluding ortho intramolecular Hbond substituents is 1. The number of rotatable bonds is 6. The van der Waals surface area contributed by atoms with Crippen molar-refractivity contribution < 1.29 is 58.1 Å². The first-order valence-electron chi connectivity index (χ1n) is 14.9. The van der Waals surface area contributed by atoms with Crippen LogP contribution in [0.4, 0.5) is 0 Å². The predicted octanol–water partition coefficient (Wildman–Crippen LogP) is 1.70. The molecule has 248 valence electrons. The third-order valence-corrected chi connectivity index (χ3v) is 9.03. The Bertz CT molecular complexity index is 2120. The maximum atomic E-state index is 13.4. The second-order valence-corrected chi connectivity index (χ2v) is 11.8. The van der Waals surface area contributed by atoms with Crippen molar-refractivity contribution in [2.75, 3.05) is 7.11 Å². The molecule has 2 aromatic heterocycles. The topological polar surface area (TPSA) is 208 Å². The van der Waals surface area contributed by atoms with Gasteiger partial charge in [-0.1, -0.05) is 24.8 Å². The summed E-state index contributed by atoms with van der Waals surface area (Å²) < 4.78 is 40.4. The minimum absolute atomic E-state index is 0.00638. The van der Waals surface area contributed by atoms with E-state index in [1.54, 1.807) is 13.0 Å². The Labute approximate surface area is 264 Å². The molecule has 2 aliphatic rings. The van der Waals surface area contributed by atoms with Gasteiger partial charge in [0.05, 0.1) is 23.0 Å². The van der Waals surface area contributed by atoms with Crippen LogP contribution >= 0.6 is 0 Å². The van der Waals surface area contributed by atoms with Gasteiger partial charge in [-0.05, 0) is 37.6 Å². The predicted molar refractivity (Wildman–Crippen MR) is 165 cm³/mol. The summed E-state index contributed by atoms with van der Waals surface area (Å²) in [7, 11) is 1.30. The summed E-state index contributed by atoms with van der Waals surface area (Å²) in [6.45, 7) is 6.77. The van der Waals surface area contributed by atoms with E-state index in [4.69, 9.17) is 32.5 Å². The third kappa shape index (κ3) is 4.79. The molecule has 0 unspecified atom stereocenters. The van der Waals surface area contributed by atoms with E-state index in [1.807, 2.05) is 0 Å². The molecule has 2 fully saturated rings. The summed E-state index contributed by atoms with van der Waals surface area (Å²) in [5.41, 5.74) is -1.10. The van der Waals surface area contributed by atoms with Crippen molar-refractivity contribution in [3.8, 4) is 11.5 Å². The van der Waals surface area contributed by atoms with Crippen LogP contribution in [-0.2, 0) is 18.9 Å². The van der Waals surface area contributed by atoms with Crippen LogP contribution in [0.1, 0.15) is 19.4 Å². The average molecular weight is 653 g/mol. The Kier molecular flexibility index (Phi) is 7.73. The van der Waals surface area contributed by atoms with E-state index < -0.39 is 78.4 Å². The van der Waals surface area contributed by atoms with Gasteiger partial charge >= 0.3 is 11.3 Å². The molecule has 14 heteroatoms. The van der Waals surface area contributed by atoms with Crippen molar-refractivity contribution in [1.29, 1.82) is 0 Å². The fourth-order valence-electron chi connectivity index (χ4n) is 6.55. The fourth-order valence-corrected chi connectivity index (χ4v) is 6.55. The van der Waals surface area contributed by atoms with Gasteiger partial charge < -0.3 is 58.1 Å². The molecule has 0 spiro atoms. The Morgan fingerprint density at radius 2 is 1.51 bits per heavy atom. The molecule has 0 bridgehead atoms. The number of aliphatic hydroxyl groups is 4. The first-order chi connectivity index (χ1) is 22.4. The van der Waals surface area contributed by atoms with Crippen molar-refractivity contribution in [3.63, 3.8) is 0 Å². The number of methoxy groups -OCH3 is 1. The van der Waals surface area contributed by atoms with Crippen molar-refractivity contribution >= 4 is 49.6 Å².